The molecule has 0 bridgehead atoms. The fourth-order valence-electron chi connectivity index (χ4n) is 4.29. The summed E-state index contributed by atoms with van der Waals surface area (Å²) in [6.07, 6.45) is 0.327. The van der Waals surface area contributed by atoms with Gasteiger partial charge in [0.2, 0.25) is 15.9 Å². The highest BCUT2D eigenvalue weighted by Crippen LogP contribution is 2.29. The van der Waals surface area contributed by atoms with Gasteiger partial charge < -0.3 is 4.90 Å². The van der Waals surface area contributed by atoms with E-state index in [9.17, 15) is 18.0 Å². The lowest BCUT2D eigenvalue weighted by Crippen LogP contribution is -2.50. The number of rotatable bonds is 7. The Morgan fingerprint density at radius 1 is 0.765 bits per heavy atom. The Bertz CT molecular complexity index is 1200. The van der Waals surface area contributed by atoms with Gasteiger partial charge in [-0.25, -0.2) is 8.42 Å². The lowest BCUT2D eigenvalue weighted by molar-refractivity contribution is -0.132. The van der Waals surface area contributed by atoms with E-state index in [1.54, 1.807) is 4.90 Å². The molecule has 0 spiro atoms. The highest BCUT2D eigenvalue weighted by Gasteiger charge is 2.31. The molecule has 1 saturated heterocycles. The van der Waals surface area contributed by atoms with Gasteiger partial charge in [0.05, 0.1) is 4.90 Å². The third-order valence-electron chi connectivity index (χ3n) is 6.27. The van der Waals surface area contributed by atoms with Crippen molar-refractivity contribution in [1.82, 2.24) is 9.21 Å². The minimum atomic E-state index is -3.68. The summed E-state index contributed by atoms with van der Waals surface area (Å²) in [6, 6.07) is 25.9. The van der Waals surface area contributed by atoms with Gasteiger partial charge in [-0.1, -0.05) is 72.8 Å². The van der Waals surface area contributed by atoms with Gasteiger partial charge in [-0.2, -0.15) is 4.31 Å². The molecule has 3 aromatic rings. The second-order valence-corrected chi connectivity index (χ2v) is 10.4. The molecule has 1 aliphatic rings. The molecular weight excluding hydrogens is 448 g/mol. The third-order valence-corrected chi connectivity index (χ3v) is 8.19. The van der Waals surface area contributed by atoms with Gasteiger partial charge in [0.1, 0.15) is 0 Å². The normalized spacial score (nSPS) is 14.8. The molecule has 7 heteroatoms. The number of nitrogens with zero attached hydrogens (tertiary/aromatic N) is 2. The lowest BCUT2D eigenvalue weighted by atomic mass is 9.88. The highest BCUT2D eigenvalue weighted by atomic mass is 32.2. The largest absolute Gasteiger partial charge is 0.340 e. The molecule has 0 aliphatic carbocycles. The van der Waals surface area contributed by atoms with E-state index >= 15 is 0 Å². The smallest absolute Gasteiger partial charge is 0.243 e. The van der Waals surface area contributed by atoms with Crippen LogP contribution in [-0.2, 0) is 14.8 Å². The van der Waals surface area contributed by atoms with Crippen LogP contribution in [-0.4, -0.2) is 55.5 Å². The summed E-state index contributed by atoms with van der Waals surface area (Å²) in [4.78, 5) is 26.6. The van der Waals surface area contributed by atoms with Crippen molar-refractivity contribution >= 4 is 21.7 Å². The molecular formula is C27H28N2O4S. The average Bonchev–Trinajstić information content (AvgIpc) is 2.88. The summed E-state index contributed by atoms with van der Waals surface area (Å²) in [5, 5.41) is 0. The van der Waals surface area contributed by atoms with Gasteiger partial charge in [0.25, 0.3) is 0 Å². The monoisotopic (exact) mass is 476 g/mol. The van der Waals surface area contributed by atoms with Crippen LogP contribution >= 0.6 is 0 Å². The van der Waals surface area contributed by atoms with Crippen molar-refractivity contribution < 1.29 is 18.0 Å². The number of Topliss-reactive ketones (excluding diaryl/α,β-unsaturated/α-hetero) is 1. The fourth-order valence-corrected chi connectivity index (χ4v) is 5.71. The second-order valence-electron chi connectivity index (χ2n) is 8.44. The molecule has 3 aromatic carbocycles. The predicted octanol–water partition coefficient (Wildman–Crippen LogP) is 3.94. The van der Waals surface area contributed by atoms with Crippen molar-refractivity contribution in [2.45, 2.75) is 24.2 Å². The molecule has 6 nitrogen and oxygen atoms in total. The Morgan fingerprint density at radius 2 is 1.26 bits per heavy atom. The summed E-state index contributed by atoms with van der Waals surface area (Å²) in [6.45, 7) is 2.62. The van der Waals surface area contributed by atoms with Crippen molar-refractivity contribution in [1.29, 1.82) is 0 Å². The SMILES string of the molecule is CC(=O)c1ccc(S(=O)(=O)N2CCN(C(=O)CC(c3ccccc3)c3ccccc3)CC2)cc1. The van der Waals surface area contributed by atoms with E-state index in [1.165, 1.54) is 35.5 Å². The van der Waals surface area contributed by atoms with Crippen LogP contribution in [0.15, 0.2) is 89.8 Å². The van der Waals surface area contributed by atoms with Gasteiger partial charge in [0, 0.05) is 44.1 Å². The maximum Gasteiger partial charge on any atom is 0.243 e. The first-order valence-corrected chi connectivity index (χ1v) is 12.8. The summed E-state index contributed by atoms with van der Waals surface area (Å²) in [5.74, 6) is -0.155. The number of benzene rings is 3. The predicted molar refractivity (Wildman–Crippen MR) is 131 cm³/mol. The maximum atomic E-state index is 13.2. The zero-order chi connectivity index (χ0) is 24.1. The van der Waals surface area contributed by atoms with Crippen LogP contribution in [0.4, 0.5) is 0 Å². The van der Waals surface area contributed by atoms with Gasteiger partial charge in [0.15, 0.2) is 5.78 Å². The van der Waals surface area contributed by atoms with E-state index in [2.05, 4.69) is 0 Å². The summed E-state index contributed by atoms with van der Waals surface area (Å²) in [7, 11) is -3.68. The molecule has 0 radical (unpaired) electrons. The number of carbonyl (C=O) groups is 2. The minimum absolute atomic E-state index is 0.0144. The second kappa shape index (κ2) is 10.3. The first-order valence-electron chi connectivity index (χ1n) is 11.3. The van der Waals surface area contributed by atoms with E-state index in [-0.39, 0.29) is 35.6 Å². The van der Waals surface area contributed by atoms with Crippen LogP contribution in [0.3, 0.4) is 0 Å². The Kier molecular flexibility index (Phi) is 7.24. The number of piperazine rings is 1. The van der Waals surface area contributed by atoms with E-state index < -0.39 is 10.0 Å². The Labute approximate surface area is 200 Å². The molecule has 4 rings (SSSR count). The molecule has 0 saturated carbocycles. The summed E-state index contributed by atoms with van der Waals surface area (Å²) in [5.41, 5.74) is 2.63. The van der Waals surface area contributed by atoms with Gasteiger partial charge >= 0.3 is 0 Å². The number of hydrogen-bond donors (Lipinski definition) is 0. The number of hydrogen-bond acceptors (Lipinski definition) is 4. The number of carbonyl (C=O) groups excluding carboxylic acids is 2. The number of sulfonamides is 1. The zero-order valence-electron chi connectivity index (χ0n) is 19.1. The Hall–Kier alpha value is -3.29. The van der Waals surface area contributed by atoms with Crippen molar-refractivity contribution in [3.05, 3.63) is 102 Å². The molecule has 0 N–H and O–H groups in total. The molecule has 1 aliphatic heterocycles. The summed E-state index contributed by atoms with van der Waals surface area (Å²) >= 11 is 0. The van der Waals surface area contributed by atoms with Crippen LogP contribution in [0.25, 0.3) is 0 Å². The average molecular weight is 477 g/mol. The fraction of sp³-hybridized carbons (Fsp3) is 0.259. The third kappa shape index (κ3) is 5.26. The molecule has 0 atom stereocenters. The first-order chi connectivity index (χ1) is 16.4. The van der Waals surface area contributed by atoms with E-state index in [1.807, 2.05) is 60.7 Å². The van der Waals surface area contributed by atoms with Crippen molar-refractivity contribution in [3.63, 3.8) is 0 Å². The topological polar surface area (TPSA) is 74.8 Å². The quantitative estimate of drug-likeness (QED) is 0.484. The molecule has 1 heterocycles. The maximum absolute atomic E-state index is 13.2. The molecule has 34 heavy (non-hydrogen) atoms. The van der Waals surface area contributed by atoms with E-state index in [4.69, 9.17) is 0 Å². The van der Waals surface area contributed by atoms with Gasteiger partial charge in [-0.15, -0.1) is 0 Å². The van der Waals surface area contributed by atoms with Crippen LogP contribution in [0.1, 0.15) is 40.7 Å². The van der Waals surface area contributed by atoms with Crippen LogP contribution < -0.4 is 0 Å². The molecule has 176 valence electrons. The van der Waals surface area contributed by atoms with Crippen LogP contribution in [0.2, 0.25) is 0 Å². The number of amides is 1. The highest BCUT2D eigenvalue weighted by molar-refractivity contribution is 7.89. The Balaban J connectivity index is 1.43. The standard InChI is InChI=1S/C27H28N2O4S/c1-21(30)22-12-14-25(15-13-22)34(32,33)29-18-16-28(17-19-29)27(31)20-26(23-8-4-2-5-9-23)24-10-6-3-7-11-24/h2-15,26H,16-20H2,1H3. The molecule has 1 fully saturated rings. The first kappa shape index (κ1) is 23.9. The Morgan fingerprint density at radius 3 is 1.74 bits per heavy atom. The molecule has 1 amide bonds. The van der Waals surface area contributed by atoms with Gasteiger partial charge in [-0.3, -0.25) is 9.59 Å². The van der Waals surface area contributed by atoms with Gasteiger partial charge in [-0.05, 0) is 30.2 Å². The van der Waals surface area contributed by atoms with Crippen molar-refractivity contribution in [3.8, 4) is 0 Å². The molecule has 0 aromatic heterocycles. The molecule has 0 unspecified atom stereocenters. The minimum Gasteiger partial charge on any atom is -0.340 e. The lowest BCUT2D eigenvalue weighted by Gasteiger charge is -2.35. The summed E-state index contributed by atoms with van der Waals surface area (Å²) < 4.78 is 27.5. The van der Waals surface area contributed by atoms with E-state index in [0.29, 0.717) is 25.1 Å². The number of ketones is 1. The van der Waals surface area contributed by atoms with Crippen molar-refractivity contribution in [2.75, 3.05) is 26.2 Å². The van der Waals surface area contributed by atoms with E-state index in [0.717, 1.165) is 11.1 Å². The van der Waals surface area contributed by atoms with Crippen molar-refractivity contribution in [2.24, 2.45) is 0 Å². The van der Waals surface area contributed by atoms with Crippen LogP contribution in [0, 0.1) is 0 Å². The van der Waals surface area contributed by atoms with Crippen LogP contribution in [0.5, 0.6) is 0 Å². The zero-order valence-corrected chi connectivity index (χ0v) is 19.9.